The smallest absolute Gasteiger partial charge is 0.164 e. The van der Waals surface area contributed by atoms with E-state index in [0.717, 1.165) is 44.8 Å². The van der Waals surface area contributed by atoms with E-state index in [2.05, 4.69) is 155 Å². The Morgan fingerprint density at radius 3 is 0.632 bits per heavy atom. The van der Waals surface area contributed by atoms with Crippen molar-refractivity contribution in [2.75, 3.05) is 9.80 Å². The average molecular weight is 1010 g/mol. The van der Waals surface area contributed by atoms with Gasteiger partial charge in [0.2, 0.25) is 0 Å². The van der Waals surface area contributed by atoms with Crippen molar-refractivity contribution in [2.45, 2.75) is 19.6 Å². The molecule has 0 N–H and O–H groups in total. The van der Waals surface area contributed by atoms with Crippen LogP contribution in [-0.2, 0) is 0 Å². The average Bonchev–Trinajstić information content (AvgIpc) is 3.51. The lowest BCUT2D eigenvalue weighted by atomic mass is 10.1. The summed E-state index contributed by atoms with van der Waals surface area (Å²) in [6, 6.07) is 91.4. The van der Waals surface area contributed by atoms with Gasteiger partial charge in [-0.3, -0.25) is 0 Å². The Bertz CT molecular complexity index is 3530. The Kier molecular flexibility index (Phi) is 12.7. The van der Waals surface area contributed by atoms with Gasteiger partial charge in [-0.1, -0.05) is 193 Å². The summed E-state index contributed by atoms with van der Waals surface area (Å²) >= 11 is 3.62. The molecule has 360 valence electrons. The zero-order valence-corrected chi connectivity index (χ0v) is 42.4. The van der Waals surface area contributed by atoms with E-state index in [1.165, 1.54) is 42.3 Å². The van der Waals surface area contributed by atoms with Gasteiger partial charge in [0.15, 0.2) is 34.9 Å². The molecule has 0 saturated heterocycles. The van der Waals surface area contributed by atoms with Crippen LogP contribution in [0.25, 0.3) is 68.3 Å². The van der Waals surface area contributed by atoms with E-state index in [1.54, 1.807) is 0 Å². The molecule has 76 heavy (non-hydrogen) atoms. The summed E-state index contributed by atoms with van der Waals surface area (Å²) in [4.78, 5) is 38.7. The summed E-state index contributed by atoms with van der Waals surface area (Å²) in [7, 11) is 0. The van der Waals surface area contributed by atoms with Crippen LogP contribution in [0.4, 0.5) is 34.1 Å². The van der Waals surface area contributed by atoms with Gasteiger partial charge in [0.25, 0.3) is 0 Å². The first kappa shape index (κ1) is 46.3. The Morgan fingerprint density at radius 1 is 0.197 bits per heavy atom. The Labute approximate surface area is 449 Å². The predicted octanol–water partition coefficient (Wildman–Crippen LogP) is 17.6. The minimum absolute atomic E-state index is 0.652. The number of fused-ring (bicyclic) bond motifs is 4. The van der Waals surface area contributed by atoms with Gasteiger partial charge in [-0.2, -0.15) is 0 Å². The number of anilines is 6. The van der Waals surface area contributed by atoms with Crippen LogP contribution in [0.3, 0.4) is 0 Å². The van der Waals surface area contributed by atoms with Gasteiger partial charge in [0.1, 0.15) is 0 Å². The molecule has 4 heterocycles. The highest BCUT2D eigenvalue weighted by atomic mass is 32.2. The second kappa shape index (κ2) is 20.8. The first-order chi connectivity index (χ1) is 37.7. The van der Waals surface area contributed by atoms with Gasteiger partial charge >= 0.3 is 0 Å². The third kappa shape index (κ3) is 9.39. The fourth-order valence-corrected chi connectivity index (χ4v) is 11.5. The monoisotopic (exact) mass is 1010 g/mol. The van der Waals surface area contributed by atoms with E-state index in [9.17, 15) is 0 Å². The molecule has 8 nitrogen and oxygen atoms in total. The lowest BCUT2D eigenvalue weighted by Crippen LogP contribution is -2.14. The van der Waals surface area contributed by atoms with E-state index in [-0.39, 0.29) is 0 Å². The van der Waals surface area contributed by atoms with Crippen LogP contribution in [-0.4, -0.2) is 29.9 Å². The molecule has 10 aromatic carbocycles. The van der Waals surface area contributed by atoms with E-state index < -0.39 is 0 Å². The van der Waals surface area contributed by atoms with Crippen molar-refractivity contribution in [2.24, 2.45) is 0 Å². The zero-order valence-electron chi connectivity index (χ0n) is 40.8. The second-order valence-electron chi connectivity index (χ2n) is 17.9. The van der Waals surface area contributed by atoms with Crippen molar-refractivity contribution in [1.29, 1.82) is 0 Å². The Balaban J connectivity index is 0.000000146. The van der Waals surface area contributed by atoms with Crippen molar-refractivity contribution in [3.05, 3.63) is 267 Å². The molecule has 2 aliphatic heterocycles. The lowest BCUT2D eigenvalue weighted by molar-refractivity contribution is 1.07. The maximum atomic E-state index is 4.87. The minimum atomic E-state index is 0.652. The number of aromatic nitrogens is 6. The fraction of sp³-hybridized carbons (Fsp3) is 0. The van der Waals surface area contributed by atoms with Gasteiger partial charge in [-0.25, -0.2) is 29.9 Å². The summed E-state index contributed by atoms with van der Waals surface area (Å²) < 4.78 is 0. The highest BCUT2D eigenvalue weighted by molar-refractivity contribution is 8.00. The van der Waals surface area contributed by atoms with E-state index in [4.69, 9.17) is 29.9 Å². The summed E-state index contributed by atoms with van der Waals surface area (Å²) in [5, 5.41) is 0. The number of rotatable bonds is 8. The van der Waals surface area contributed by atoms with Gasteiger partial charge in [-0.15, -0.1) is 0 Å². The molecular formula is C66H44N8S2. The van der Waals surface area contributed by atoms with Crippen molar-refractivity contribution < 1.29 is 0 Å². The van der Waals surface area contributed by atoms with Crippen molar-refractivity contribution in [3.8, 4) is 68.3 Å². The van der Waals surface area contributed by atoms with Crippen molar-refractivity contribution in [3.63, 3.8) is 0 Å². The summed E-state index contributed by atoms with van der Waals surface area (Å²) in [6.45, 7) is 0. The van der Waals surface area contributed by atoms with Crippen LogP contribution < -0.4 is 9.80 Å². The number of para-hydroxylation sites is 4. The molecular weight excluding hydrogens is 969 g/mol. The maximum Gasteiger partial charge on any atom is 0.164 e. The third-order valence-electron chi connectivity index (χ3n) is 13.0. The molecule has 0 atom stereocenters. The molecule has 0 amide bonds. The topological polar surface area (TPSA) is 83.8 Å². The molecule has 14 rings (SSSR count). The molecule has 2 aliphatic rings. The van der Waals surface area contributed by atoms with Crippen LogP contribution in [0.15, 0.2) is 287 Å². The first-order valence-corrected chi connectivity index (χ1v) is 26.6. The van der Waals surface area contributed by atoms with Crippen LogP contribution >= 0.6 is 23.5 Å². The van der Waals surface area contributed by atoms with Crippen molar-refractivity contribution >= 4 is 57.6 Å². The summed E-state index contributed by atoms with van der Waals surface area (Å²) in [5.74, 6) is 3.95. The number of hydrogen-bond donors (Lipinski definition) is 0. The highest BCUT2D eigenvalue weighted by Crippen LogP contribution is 2.52. The standard InChI is InChI=1S/2C33H22N4S/c2*1-3-11-23(12-4-1)31-34-32(24-13-5-2-6-14-24)36-33(35-31)25-19-21-26(22-20-25)37-27-15-7-9-17-29(27)38-30-18-10-8-16-28(30)37/h2*1-22H. The summed E-state index contributed by atoms with van der Waals surface area (Å²) in [5.41, 5.74) is 12.6. The lowest BCUT2D eigenvalue weighted by Gasteiger charge is -2.32. The van der Waals surface area contributed by atoms with Crippen LogP contribution in [0.5, 0.6) is 0 Å². The van der Waals surface area contributed by atoms with Gasteiger partial charge in [0, 0.05) is 64.3 Å². The van der Waals surface area contributed by atoms with E-state index >= 15 is 0 Å². The largest absolute Gasteiger partial charge is 0.308 e. The van der Waals surface area contributed by atoms with Crippen LogP contribution in [0.2, 0.25) is 0 Å². The predicted molar refractivity (Wildman–Crippen MR) is 310 cm³/mol. The Hall–Kier alpha value is -9.48. The maximum absolute atomic E-state index is 4.87. The highest BCUT2D eigenvalue weighted by Gasteiger charge is 2.26. The van der Waals surface area contributed by atoms with E-state index in [0.29, 0.717) is 34.9 Å². The number of benzene rings is 10. The molecule has 12 aromatic rings. The molecule has 0 spiro atoms. The third-order valence-corrected chi connectivity index (χ3v) is 15.3. The first-order valence-electron chi connectivity index (χ1n) is 24.9. The van der Waals surface area contributed by atoms with Crippen LogP contribution in [0.1, 0.15) is 0 Å². The normalized spacial score (nSPS) is 12.1. The molecule has 10 heteroatoms. The Morgan fingerprint density at radius 2 is 0.395 bits per heavy atom. The molecule has 0 fully saturated rings. The van der Waals surface area contributed by atoms with Crippen molar-refractivity contribution in [1.82, 2.24) is 29.9 Å². The van der Waals surface area contributed by atoms with Gasteiger partial charge in [-0.05, 0) is 97.1 Å². The summed E-state index contributed by atoms with van der Waals surface area (Å²) in [6.07, 6.45) is 0. The molecule has 0 unspecified atom stereocenters. The van der Waals surface area contributed by atoms with Crippen LogP contribution in [0, 0.1) is 0 Å². The molecule has 2 aromatic heterocycles. The molecule has 0 aliphatic carbocycles. The molecule has 0 saturated carbocycles. The van der Waals surface area contributed by atoms with Gasteiger partial charge in [0.05, 0.1) is 22.7 Å². The van der Waals surface area contributed by atoms with E-state index in [1.807, 2.05) is 145 Å². The number of hydrogen-bond acceptors (Lipinski definition) is 10. The zero-order chi connectivity index (χ0) is 50.6. The van der Waals surface area contributed by atoms with Gasteiger partial charge < -0.3 is 9.80 Å². The minimum Gasteiger partial charge on any atom is -0.308 e. The molecule has 0 bridgehead atoms. The fourth-order valence-electron chi connectivity index (χ4n) is 9.36. The quantitative estimate of drug-likeness (QED) is 0.147. The molecule has 0 radical (unpaired) electrons. The SMILES string of the molecule is c1ccc(-c2nc(-c3ccccc3)nc(-c3ccc(N4c5ccccc5Sc5ccccc54)cc3)n2)cc1.c1ccc(-c2nc(-c3ccccc3)nc(-c3ccc(N4c5ccccc5Sc5ccccc54)cc3)n2)cc1. The second-order valence-corrected chi connectivity index (χ2v) is 20.1. The number of nitrogens with zero attached hydrogens (tertiary/aromatic N) is 8.